The van der Waals surface area contributed by atoms with Gasteiger partial charge in [0.15, 0.2) is 0 Å². The van der Waals surface area contributed by atoms with E-state index in [-0.39, 0.29) is 6.03 Å². The standard InChI is InChI=1S/C20H21ClN6O2/c1-14-24-19(25-29-14)16-4-7-18(22-13-16)26-8-10-27(11-9-26)20(28)23-12-15-2-5-17(21)6-3-15/h2-7,13H,8-12H2,1H3,(H,23,28). The van der Waals surface area contributed by atoms with Crippen LogP contribution in [0.3, 0.4) is 0 Å². The fraction of sp³-hybridized carbons (Fsp3) is 0.300. The molecule has 1 aliphatic heterocycles. The molecule has 0 bridgehead atoms. The largest absolute Gasteiger partial charge is 0.353 e. The van der Waals surface area contributed by atoms with Crippen molar-refractivity contribution >= 4 is 23.4 Å². The zero-order valence-electron chi connectivity index (χ0n) is 16.0. The second-order valence-electron chi connectivity index (χ2n) is 6.80. The third-order valence-electron chi connectivity index (χ3n) is 4.78. The van der Waals surface area contributed by atoms with Gasteiger partial charge in [0.1, 0.15) is 5.82 Å². The van der Waals surface area contributed by atoms with Gasteiger partial charge in [0, 0.05) is 56.4 Å². The average molecular weight is 413 g/mol. The van der Waals surface area contributed by atoms with Gasteiger partial charge in [-0.3, -0.25) is 0 Å². The van der Waals surface area contributed by atoms with Crippen LogP contribution >= 0.6 is 11.6 Å². The number of halogens is 1. The predicted octanol–water partition coefficient (Wildman–Crippen LogP) is 3.13. The topological polar surface area (TPSA) is 87.4 Å². The number of pyridine rings is 1. The van der Waals surface area contributed by atoms with Crippen molar-refractivity contribution in [2.24, 2.45) is 0 Å². The first kappa shape index (κ1) is 19.2. The molecule has 4 rings (SSSR count). The Morgan fingerprint density at radius 3 is 2.52 bits per heavy atom. The minimum absolute atomic E-state index is 0.0598. The number of piperazine rings is 1. The summed E-state index contributed by atoms with van der Waals surface area (Å²) < 4.78 is 5.00. The molecular weight excluding hydrogens is 392 g/mol. The smallest absolute Gasteiger partial charge is 0.317 e. The highest BCUT2D eigenvalue weighted by Gasteiger charge is 2.22. The van der Waals surface area contributed by atoms with Gasteiger partial charge in [-0.25, -0.2) is 9.78 Å². The number of nitrogens with one attached hydrogen (secondary N) is 1. The first-order valence-corrected chi connectivity index (χ1v) is 9.75. The molecule has 29 heavy (non-hydrogen) atoms. The number of carbonyl (C=O) groups is 1. The molecule has 0 radical (unpaired) electrons. The number of amides is 2. The molecule has 0 spiro atoms. The lowest BCUT2D eigenvalue weighted by molar-refractivity contribution is 0.194. The fourth-order valence-corrected chi connectivity index (χ4v) is 3.28. The molecule has 1 aromatic carbocycles. The molecule has 1 N–H and O–H groups in total. The lowest BCUT2D eigenvalue weighted by Crippen LogP contribution is -2.51. The molecular formula is C20H21ClN6O2. The molecule has 2 aromatic heterocycles. The highest BCUT2D eigenvalue weighted by molar-refractivity contribution is 6.30. The number of anilines is 1. The number of hydrogen-bond donors (Lipinski definition) is 1. The minimum atomic E-state index is -0.0598. The van der Waals surface area contributed by atoms with Crippen LogP contribution in [0.5, 0.6) is 0 Å². The fourth-order valence-electron chi connectivity index (χ4n) is 3.15. The van der Waals surface area contributed by atoms with Gasteiger partial charge in [-0.05, 0) is 29.8 Å². The summed E-state index contributed by atoms with van der Waals surface area (Å²) in [6.07, 6.45) is 1.74. The summed E-state index contributed by atoms with van der Waals surface area (Å²) >= 11 is 5.89. The SMILES string of the molecule is Cc1nc(-c2ccc(N3CCN(C(=O)NCc4ccc(Cl)cc4)CC3)nc2)no1. The van der Waals surface area contributed by atoms with Gasteiger partial charge in [0.05, 0.1) is 0 Å². The Hall–Kier alpha value is -3.13. The quantitative estimate of drug-likeness (QED) is 0.708. The van der Waals surface area contributed by atoms with Crippen molar-refractivity contribution in [2.75, 3.05) is 31.1 Å². The summed E-state index contributed by atoms with van der Waals surface area (Å²) in [6, 6.07) is 11.3. The first-order valence-electron chi connectivity index (χ1n) is 9.37. The van der Waals surface area contributed by atoms with Crippen LogP contribution in [-0.4, -0.2) is 52.2 Å². The van der Waals surface area contributed by atoms with E-state index in [0.717, 1.165) is 30.0 Å². The number of hydrogen-bond acceptors (Lipinski definition) is 6. The molecule has 150 valence electrons. The molecule has 1 aliphatic rings. The highest BCUT2D eigenvalue weighted by atomic mass is 35.5. The second-order valence-corrected chi connectivity index (χ2v) is 7.24. The van der Waals surface area contributed by atoms with Crippen LogP contribution in [0.15, 0.2) is 47.1 Å². The Kier molecular flexibility index (Phi) is 5.62. The van der Waals surface area contributed by atoms with Gasteiger partial charge >= 0.3 is 6.03 Å². The number of aryl methyl sites for hydroxylation is 1. The molecule has 3 aromatic rings. The number of aromatic nitrogens is 3. The third kappa shape index (κ3) is 4.65. The maximum Gasteiger partial charge on any atom is 0.317 e. The minimum Gasteiger partial charge on any atom is -0.353 e. The molecule has 1 saturated heterocycles. The van der Waals surface area contributed by atoms with Crippen molar-refractivity contribution in [1.82, 2.24) is 25.3 Å². The summed E-state index contributed by atoms with van der Waals surface area (Å²) in [6.45, 7) is 4.96. The Balaban J connectivity index is 1.28. The molecule has 0 aliphatic carbocycles. The van der Waals surface area contributed by atoms with Crippen molar-refractivity contribution in [1.29, 1.82) is 0 Å². The molecule has 9 heteroatoms. The van der Waals surface area contributed by atoms with Gasteiger partial charge in [-0.1, -0.05) is 28.9 Å². The Morgan fingerprint density at radius 2 is 1.90 bits per heavy atom. The van der Waals surface area contributed by atoms with E-state index in [1.54, 1.807) is 13.1 Å². The zero-order valence-corrected chi connectivity index (χ0v) is 16.8. The maximum atomic E-state index is 12.4. The molecule has 0 saturated carbocycles. The van der Waals surface area contributed by atoms with Crippen molar-refractivity contribution in [3.8, 4) is 11.4 Å². The van der Waals surface area contributed by atoms with Crippen molar-refractivity contribution in [3.63, 3.8) is 0 Å². The van der Waals surface area contributed by atoms with Crippen LogP contribution in [0.2, 0.25) is 5.02 Å². The summed E-state index contributed by atoms with van der Waals surface area (Å²) in [5, 5.41) is 7.55. The zero-order chi connectivity index (χ0) is 20.2. The van der Waals surface area contributed by atoms with Crippen LogP contribution in [0, 0.1) is 6.92 Å². The Morgan fingerprint density at radius 1 is 1.14 bits per heavy atom. The van der Waals surface area contributed by atoms with Crippen LogP contribution < -0.4 is 10.2 Å². The second kappa shape index (κ2) is 8.48. The van der Waals surface area contributed by atoms with Crippen LogP contribution in [-0.2, 0) is 6.54 Å². The first-order chi connectivity index (χ1) is 14.1. The van der Waals surface area contributed by atoms with E-state index in [0.29, 0.717) is 36.4 Å². The van der Waals surface area contributed by atoms with Gasteiger partial charge < -0.3 is 19.6 Å². The average Bonchev–Trinajstić information content (AvgIpc) is 3.20. The Bertz CT molecular complexity index is 965. The Labute approximate surface area is 173 Å². The van der Waals surface area contributed by atoms with E-state index in [1.165, 1.54) is 0 Å². The molecule has 8 nitrogen and oxygen atoms in total. The van der Waals surface area contributed by atoms with E-state index in [1.807, 2.05) is 41.3 Å². The normalized spacial score (nSPS) is 14.1. The number of nitrogens with zero attached hydrogens (tertiary/aromatic N) is 5. The highest BCUT2D eigenvalue weighted by Crippen LogP contribution is 2.19. The molecule has 2 amide bonds. The molecule has 0 atom stereocenters. The number of benzene rings is 1. The third-order valence-corrected chi connectivity index (χ3v) is 5.03. The number of carbonyl (C=O) groups excluding carboxylic acids is 1. The van der Waals surface area contributed by atoms with E-state index < -0.39 is 0 Å². The van der Waals surface area contributed by atoms with Crippen LogP contribution in [0.4, 0.5) is 10.6 Å². The molecule has 3 heterocycles. The van der Waals surface area contributed by atoms with Crippen molar-refractivity contribution in [2.45, 2.75) is 13.5 Å². The van der Waals surface area contributed by atoms with Crippen molar-refractivity contribution < 1.29 is 9.32 Å². The lowest BCUT2D eigenvalue weighted by atomic mass is 10.2. The predicted molar refractivity (Wildman–Crippen MR) is 110 cm³/mol. The number of rotatable bonds is 4. The van der Waals surface area contributed by atoms with Gasteiger partial charge in [0.25, 0.3) is 0 Å². The summed E-state index contributed by atoms with van der Waals surface area (Å²) in [5.74, 6) is 1.92. The number of urea groups is 1. The summed E-state index contributed by atoms with van der Waals surface area (Å²) in [5.41, 5.74) is 1.83. The van der Waals surface area contributed by atoms with Gasteiger partial charge in [0.2, 0.25) is 11.7 Å². The van der Waals surface area contributed by atoms with Gasteiger partial charge in [-0.2, -0.15) is 4.98 Å². The van der Waals surface area contributed by atoms with E-state index in [2.05, 4.69) is 25.3 Å². The molecule has 1 fully saturated rings. The van der Waals surface area contributed by atoms with Crippen LogP contribution in [0.1, 0.15) is 11.5 Å². The summed E-state index contributed by atoms with van der Waals surface area (Å²) in [4.78, 5) is 25.1. The van der Waals surface area contributed by atoms with E-state index in [4.69, 9.17) is 16.1 Å². The van der Waals surface area contributed by atoms with Crippen LogP contribution in [0.25, 0.3) is 11.4 Å². The van der Waals surface area contributed by atoms with Crippen molar-refractivity contribution in [3.05, 3.63) is 59.1 Å². The van der Waals surface area contributed by atoms with E-state index in [9.17, 15) is 4.79 Å². The molecule has 0 unspecified atom stereocenters. The lowest BCUT2D eigenvalue weighted by Gasteiger charge is -2.35. The maximum absolute atomic E-state index is 12.4. The summed E-state index contributed by atoms with van der Waals surface area (Å²) in [7, 11) is 0. The van der Waals surface area contributed by atoms with Gasteiger partial charge in [-0.15, -0.1) is 0 Å². The van der Waals surface area contributed by atoms with E-state index >= 15 is 0 Å². The monoisotopic (exact) mass is 412 g/mol.